The number of hydrogen-bond donors (Lipinski definition) is 3. The number of amides is 1. The smallest absolute Gasteiger partial charge is 0.333 e. The normalized spacial score (nSPS) is 10.9. The van der Waals surface area contributed by atoms with E-state index < -0.39 is 23.0 Å². The van der Waals surface area contributed by atoms with E-state index in [9.17, 15) is 24.6 Å². The number of hydrogen-bond acceptors (Lipinski definition) is 6. The van der Waals surface area contributed by atoms with E-state index in [2.05, 4.69) is 10.5 Å². The number of phenols is 1. The van der Waals surface area contributed by atoms with Gasteiger partial charge in [-0.1, -0.05) is 12.1 Å². The molecule has 0 radical (unpaired) electrons. The number of hydrazone groups is 1. The van der Waals surface area contributed by atoms with Gasteiger partial charge in [0.25, 0.3) is 11.5 Å². The molecule has 1 aromatic heterocycles. The number of benzene rings is 1. The first-order valence-electron chi connectivity index (χ1n) is 6.45. The molecule has 23 heavy (non-hydrogen) atoms. The van der Waals surface area contributed by atoms with Crippen molar-refractivity contribution in [1.29, 1.82) is 0 Å². The first-order valence-corrected chi connectivity index (χ1v) is 6.45. The van der Waals surface area contributed by atoms with Gasteiger partial charge < -0.3 is 10.2 Å². The summed E-state index contributed by atoms with van der Waals surface area (Å²) in [6.45, 7) is 0. The SMILES string of the molecule is Cn1c(O)c(C=NNC(=O)c2ccccc2O)c(=O)n(C)c1=O. The van der Waals surface area contributed by atoms with E-state index in [0.29, 0.717) is 0 Å². The van der Waals surface area contributed by atoms with Crippen LogP contribution in [0.1, 0.15) is 15.9 Å². The topological polar surface area (TPSA) is 126 Å². The second kappa shape index (κ2) is 6.18. The Labute approximate surface area is 129 Å². The highest BCUT2D eigenvalue weighted by Gasteiger charge is 2.13. The van der Waals surface area contributed by atoms with Crippen LogP contribution in [-0.4, -0.2) is 31.5 Å². The molecule has 1 aromatic carbocycles. The first-order chi connectivity index (χ1) is 10.8. The summed E-state index contributed by atoms with van der Waals surface area (Å²) in [6, 6.07) is 5.85. The number of carbonyl (C=O) groups excluding carboxylic acids is 1. The lowest BCUT2D eigenvalue weighted by molar-refractivity contribution is 0.0952. The summed E-state index contributed by atoms with van der Waals surface area (Å²) in [5.74, 6) is -1.49. The van der Waals surface area contributed by atoms with E-state index in [-0.39, 0.29) is 16.9 Å². The Morgan fingerprint density at radius 3 is 2.48 bits per heavy atom. The van der Waals surface area contributed by atoms with Crippen molar-refractivity contribution in [3.8, 4) is 11.6 Å². The van der Waals surface area contributed by atoms with Crippen LogP contribution in [0, 0.1) is 0 Å². The van der Waals surface area contributed by atoms with Gasteiger partial charge >= 0.3 is 5.69 Å². The van der Waals surface area contributed by atoms with Crippen molar-refractivity contribution < 1.29 is 15.0 Å². The largest absolute Gasteiger partial charge is 0.507 e. The van der Waals surface area contributed by atoms with E-state index in [0.717, 1.165) is 15.3 Å². The third-order valence-electron chi connectivity index (χ3n) is 3.18. The number of phenolic OH excluding ortho intramolecular Hbond substituents is 1. The number of aromatic hydroxyl groups is 2. The van der Waals surface area contributed by atoms with E-state index in [1.165, 1.54) is 26.2 Å². The van der Waals surface area contributed by atoms with Crippen LogP contribution in [0.15, 0.2) is 39.0 Å². The maximum Gasteiger partial charge on any atom is 0.333 e. The predicted octanol–water partition coefficient (Wildman–Crippen LogP) is -0.741. The number of nitrogens with one attached hydrogen (secondary N) is 1. The lowest BCUT2D eigenvalue weighted by Gasteiger charge is -2.07. The fourth-order valence-corrected chi connectivity index (χ4v) is 1.85. The minimum absolute atomic E-state index is 0.00207. The summed E-state index contributed by atoms with van der Waals surface area (Å²) in [5.41, 5.74) is 0.415. The van der Waals surface area contributed by atoms with E-state index in [1.54, 1.807) is 12.1 Å². The molecule has 0 aliphatic carbocycles. The molecule has 0 atom stereocenters. The maximum atomic E-state index is 11.9. The van der Waals surface area contributed by atoms with Crippen LogP contribution in [0.4, 0.5) is 0 Å². The van der Waals surface area contributed by atoms with E-state index in [1.807, 2.05) is 0 Å². The monoisotopic (exact) mass is 318 g/mol. The zero-order valence-corrected chi connectivity index (χ0v) is 12.3. The van der Waals surface area contributed by atoms with Gasteiger partial charge in [-0.2, -0.15) is 5.10 Å². The van der Waals surface area contributed by atoms with Crippen molar-refractivity contribution in [3.05, 3.63) is 56.2 Å². The summed E-state index contributed by atoms with van der Waals surface area (Å²) < 4.78 is 1.67. The average molecular weight is 318 g/mol. The Morgan fingerprint density at radius 2 is 1.83 bits per heavy atom. The molecule has 0 fully saturated rings. The quantitative estimate of drug-likeness (QED) is 0.507. The molecular formula is C14H14N4O5. The van der Waals surface area contributed by atoms with Crippen LogP contribution >= 0.6 is 0 Å². The molecule has 0 aliphatic heterocycles. The van der Waals surface area contributed by atoms with E-state index in [4.69, 9.17) is 0 Å². The summed E-state index contributed by atoms with van der Waals surface area (Å²) >= 11 is 0. The van der Waals surface area contributed by atoms with Gasteiger partial charge in [0.1, 0.15) is 11.3 Å². The van der Waals surface area contributed by atoms with Crippen LogP contribution in [0.5, 0.6) is 11.6 Å². The molecule has 0 aliphatic rings. The fraction of sp³-hybridized carbons (Fsp3) is 0.143. The Bertz CT molecular complexity index is 910. The molecule has 0 saturated carbocycles. The molecule has 9 nitrogen and oxygen atoms in total. The van der Waals surface area contributed by atoms with Crippen LogP contribution in [0.2, 0.25) is 0 Å². The molecule has 0 bridgehead atoms. The van der Waals surface area contributed by atoms with Crippen molar-refractivity contribution in [3.63, 3.8) is 0 Å². The lowest BCUT2D eigenvalue weighted by atomic mass is 10.2. The van der Waals surface area contributed by atoms with E-state index >= 15 is 0 Å². The second-order valence-electron chi connectivity index (χ2n) is 4.66. The number of nitrogens with zero attached hydrogens (tertiary/aromatic N) is 3. The van der Waals surface area contributed by atoms with Crippen LogP contribution in [0.3, 0.4) is 0 Å². The number of aromatic nitrogens is 2. The van der Waals surface area contributed by atoms with Crippen molar-refractivity contribution >= 4 is 12.1 Å². The Morgan fingerprint density at radius 1 is 1.17 bits per heavy atom. The van der Waals surface area contributed by atoms with Crippen molar-refractivity contribution in [2.45, 2.75) is 0 Å². The lowest BCUT2D eigenvalue weighted by Crippen LogP contribution is -2.38. The highest BCUT2D eigenvalue weighted by atomic mass is 16.3. The molecular weight excluding hydrogens is 304 g/mol. The molecule has 2 rings (SSSR count). The average Bonchev–Trinajstić information content (AvgIpc) is 2.54. The van der Waals surface area contributed by atoms with Crippen LogP contribution < -0.4 is 16.7 Å². The van der Waals surface area contributed by atoms with Gasteiger partial charge in [-0.15, -0.1) is 0 Å². The van der Waals surface area contributed by atoms with Gasteiger partial charge in [-0.05, 0) is 12.1 Å². The molecule has 1 amide bonds. The molecule has 1 heterocycles. The van der Waals surface area contributed by atoms with Gasteiger partial charge in [0.2, 0.25) is 5.88 Å². The summed E-state index contributed by atoms with van der Waals surface area (Å²) in [5, 5.41) is 22.9. The number of rotatable bonds is 3. The third kappa shape index (κ3) is 2.98. The zero-order chi connectivity index (χ0) is 17.1. The molecule has 0 spiro atoms. The van der Waals surface area contributed by atoms with Crippen molar-refractivity contribution in [2.24, 2.45) is 19.2 Å². The van der Waals surface area contributed by atoms with Gasteiger partial charge in [0, 0.05) is 14.1 Å². The van der Waals surface area contributed by atoms with Crippen LogP contribution in [0.25, 0.3) is 0 Å². The Hall–Kier alpha value is -3.36. The van der Waals surface area contributed by atoms with Crippen LogP contribution in [-0.2, 0) is 14.1 Å². The van der Waals surface area contributed by atoms with Gasteiger partial charge in [0.05, 0.1) is 11.8 Å². The number of para-hydroxylation sites is 1. The fourth-order valence-electron chi connectivity index (χ4n) is 1.85. The van der Waals surface area contributed by atoms with Crippen molar-refractivity contribution in [1.82, 2.24) is 14.6 Å². The molecule has 120 valence electrons. The first kappa shape index (κ1) is 16.0. The summed E-state index contributed by atoms with van der Waals surface area (Å²) in [4.78, 5) is 35.3. The third-order valence-corrected chi connectivity index (χ3v) is 3.18. The minimum Gasteiger partial charge on any atom is -0.507 e. The molecule has 2 aromatic rings. The summed E-state index contributed by atoms with van der Waals surface area (Å²) in [6.07, 6.45) is 0.926. The molecule has 3 N–H and O–H groups in total. The predicted molar refractivity (Wildman–Crippen MR) is 81.8 cm³/mol. The van der Waals surface area contributed by atoms with Gasteiger partial charge in [-0.3, -0.25) is 18.7 Å². The highest BCUT2D eigenvalue weighted by Crippen LogP contribution is 2.14. The highest BCUT2D eigenvalue weighted by molar-refractivity contribution is 5.97. The maximum absolute atomic E-state index is 11.9. The van der Waals surface area contributed by atoms with Crippen molar-refractivity contribution in [2.75, 3.05) is 0 Å². The Kier molecular flexibility index (Phi) is 4.30. The standard InChI is InChI=1S/C14H14N4O5/c1-17-12(21)9(13(22)18(2)14(17)23)7-15-16-11(20)8-5-3-4-6-10(8)19/h3-7,19,21H,1-2H3,(H,16,20). The zero-order valence-electron chi connectivity index (χ0n) is 12.3. The van der Waals surface area contributed by atoms with Gasteiger partial charge in [-0.25, -0.2) is 10.2 Å². The number of carbonyl (C=O) groups is 1. The van der Waals surface area contributed by atoms with Gasteiger partial charge in [0.15, 0.2) is 0 Å². The summed E-state index contributed by atoms with van der Waals surface area (Å²) in [7, 11) is 2.54. The minimum atomic E-state index is -0.758. The second-order valence-corrected chi connectivity index (χ2v) is 4.66. The Balaban J connectivity index is 2.29. The molecule has 0 saturated heterocycles. The molecule has 9 heteroatoms. The molecule has 0 unspecified atom stereocenters.